The van der Waals surface area contributed by atoms with E-state index >= 15 is 0 Å². The van der Waals surface area contributed by atoms with Crippen molar-refractivity contribution in [2.24, 2.45) is 5.73 Å². The second kappa shape index (κ2) is 3.99. The third-order valence-corrected chi connectivity index (χ3v) is 3.79. The average Bonchev–Trinajstić information content (AvgIpc) is 2.96. The van der Waals surface area contributed by atoms with Crippen LogP contribution in [0.1, 0.15) is 31.1 Å². The lowest BCUT2D eigenvalue weighted by Crippen LogP contribution is -2.22. The van der Waals surface area contributed by atoms with Gasteiger partial charge in [-0.05, 0) is 24.3 Å². The fourth-order valence-electron chi connectivity index (χ4n) is 2.19. The average molecular weight is 235 g/mol. The Labute approximate surface area is 97.5 Å². The third kappa shape index (κ3) is 1.66. The molecule has 0 amide bonds. The van der Waals surface area contributed by atoms with Crippen LogP contribution in [0.25, 0.3) is 11.4 Å². The van der Waals surface area contributed by atoms with Crippen molar-refractivity contribution in [2.75, 3.05) is 0 Å². The van der Waals surface area contributed by atoms with E-state index < -0.39 is 0 Å². The maximum absolute atomic E-state index is 6.01. The summed E-state index contributed by atoms with van der Waals surface area (Å²) in [6, 6.07) is 2.17. The summed E-state index contributed by atoms with van der Waals surface area (Å²) in [4.78, 5) is 4.43. The summed E-state index contributed by atoms with van der Waals surface area (Å²) in [5, 5.41) is 8.03. The van der Waals surface area contributed by atoms with Gasteiger partial charge in [-0.25, -0.2) is 0 Å². The molecule has 2 atom stereocenters. The molecule has 2 N–H and O–H groups in total. The first kappa shape index (κ1) is 9.99. The molecule has 0 bridgehead atoms. The summed E-state index contributed by atoms with van der Waals surface area (Å²) in [7, 11) is 0. The molecule has 1 fully saturated rings. The van der Waals surface area contributed by atoms with Gasteiger partial charge in [0.1, 0.15) is 0 Å². The van der Waals surface area contributed by atoms with Crippen molar-refractivity contribution in [2.45, 2.75) is 31.2 Å². The molecule has 3 rings (SSSR count). The van der Waals surface area contributed by atoms with Crippen LogP contribution < -0.4 is 5.73 Å². The number of thiophene rings is 1. The first-order valence-corrected chi connectivity index (χ1v) is 6.40. The molecule has 0 radical (unpaired) electrons. The van der Waals surface area contributed by atoms with E-state index in [1.54, 1.807) is 11.3 Å². The Balaban J connectivity index is 1.88. The maximum Gasteiger partial charge on any atom is 0.231 e. The van der Waals surface area contributed by atoms with Crippen LogP contribution in [0.4, 0.5) is 0 Å². The largest absolute Gasteiger partial charge is 0.339 e. The van der Waals surface area contributed by atoms with E-state index in [9.17, 15) is 0 Å². The molecule has 4 nitrogen and oxygen atoms in total. The molecule has 1 aliphatic carbocycles. The Morgan fingerprint density at radius 2 is 2.38 bits per heavy atom. The summed E-state index contributed by atoms with van der Waals surface area (Å²) in [5.74, 6) is 1.63. The monoisotopic (exact) mass is 235 g/mol. The highest BCUT2D eigenvalue weighted by Crippen LogP contribution is 2.33. The van der Waals surface area contributed by atoms with Crippen LogP contribution in [-0.2, 0) is 0 Å². The molecule has 1 aliphatic rings. The third-order valence-electron chi connectivity index (χ3n) is 3.11. The van der Waals surface area contributed by atoms with Gasteiger partial charge in [-0.3, -0.25) is 0 Å². The topological polar surface area (TPSA) is 64.9 Å². The lowest BCUT2D eigenvalue weighted by atomic mass is 10.1. The number of hydrogen-bond donors (Lipinski definition) is 1. The van der Waals surface area contributed by atoms with Crippen LogP contribution in [0.2, 0.25) is 0 Å². The zero-order valence-electron chi connectivity index (χ0n) is 8.80. The van der Waals surface area contributed by atoms with E-state index in [0.29, 0.717) is 11.7 Å². The number of nitrogens with two attached hydrogens (primary N) is 1. The van der Waals surface area contributed by atoms with Crippen LogP contribution in [0.15, 0.2) is 21.3 Å². The normalized spacial score (nSPS) is 25.1. The zero-order valence-corrected chi connectivity index (χ0v) is 9.61. The van der Waals surface area contributed by atoms with Crippen LogP contribution in [0.3, 0.4) is 0 Å². The van der Waals surface area contributed by atoms with Crippen LogP contribution >= 0.6 is 11.3 Å². The SMILES string of the molecule is NC1CCCC1c1nc(-c2ccsc2)no1. The van der Waals surface area contributed by atoms with Crippen LogP contribution in [-0.4, -0.2) is 16.2 Å². The van der Waals surface area contributed by atoms with E-state index in [4.69, 9.17) is 10.3 Å². The predicted molar refractivity (Wildman–Crippen MR) is 62.2 cm³/mol. The fourth-order valence-corrected chi connectivity index (χ4v) is 2.82. The standard InChI is InChI=1S/C11H13N3OS/c12-9-3-1-2-8(9)11-13-10(14-15-11)7-4-5-16-6-7/h4-6,8-9H,1-3,12H2. The molecule has 0 saturated heterocycles. The van der Waals surface area contributed by atoms with Gasteiger partial charge in [-0.1, -0.05) is 11.6 Å². The molecule has 2 unspecified atom stereocenters. The van der Waals surface area contributed by atoms with Crippen molar-refractivity contribution in [3.05, 3.63) is 22.7 Å². The van der Waals surface area contributed by atoms with Crippen LogP contribution in [0.5, 0.6) is 0 Å². The molecule has 0 aliphatic heterocycles. The van der Waals surface area contributed by atoms with Gasteiger partial charge < -0.3 is 10.3 Å². The molecule has 16 heavy (non-hydrogen) atoms. The van der Waals surface area contributed by atoms with E-state index in [2.05, 4.69) is 10.1 Å². The first-order valence-electron chi connectivity index (χ1n) is 5.46. The summed E-state index contributed by atoms with van der Waals surface area (Å²) in [5.41, 5.74) is 7.03. The smallest absolute Gasteiger partial charge is 0.231 e. The Hall–Kier alpha value is -1.20. The number of rotatable bonds is 2. The highest BCUT2D eigenvalue weighted by atomic mass is 32.1. The van der Waals surface area contributed by atoms with Gasteiger partial charge in [0.2, 0.25) is 11.7 Å². The molecular weight excluding hydrogens is 222 g/mol. The Morgan fingerprint density at radius 3 is 3.06 bits per heavy atom. The van der Waals surface area contributed by atoms with Gasteiger partial charge in [-0.15, -0.1) is 0 Å². The van der Waals surface area contributed by atoms with Gasteiger partial charge >= 0.3 is 0 Å². The molecule has 5 heteroatoms. The van der Waals surface area contributed by atoms with Gasteiger partial charge in [-0.2, -0.15) is 16.3 Å². The van der Waals surface area contributed by atoms with E-state index in [1.807, 2.05) is 16.8 Å². The Morgan fingerprint density at radius 1 is 1.44 bits per heavy atom. The van der Waals surface area contributed by atoms with Crippen LogP contribution in [0, 0.1) is 0 Å². The highest BCUT2D eigenvalue weighted by molar-refractivity contribution is 7.08. The fraction of sp³-hybridized carbons (Fsp3) is 0.455. The second-order valence-electron chi connectivity index (χ2n) is 4.17. The Kier molecular flexibility index (Phi) is 2.49. The van der Waals surface area contributed by atoms with Crippen molar-refractivity contribution in [3.8, 4) is 11.4 Å². The lowest BCUT2D eigenvalue weighted by Gasteiger charge is -2.08. The number of aromatic nitrogens is 2. The summed E-state index contributed by atoms with van der Waals surface area (Å²) in [6.07, 6.45) is 3.27. The molecule has 84 valence electrons. The van der Waals surface area contributed by atoms with E-state index in [0.717, 1.165) is 24.8 Å². The second-order valence-corrected chi connectivity index (χ2v) is 4.95. The number of hydrogen-bond acceptors (Lipinski definition) is 5. The molecular formula is C11H13N3OS. The Bertz CT molecular complexity index is 465. The van der Waals surface area contributed by atoms with Crippen molar-refractivity contribution < 1.29 is 4.52 Å². The maximum atomic E-state index is 6.01. The summed E-state index contributed by atoms with van der Waals surface area (Å²) in [6.45, 7) is 0. The van der Waals surface area contributed by atoms with Gasteiger partial charge in [0, 0.05) is 17.0 Å². The van der Waals surface area contributed by atoms with Gasteiger partial charge in [0.25, 0.3) is 0 Å². The molecule has 2 heterocycles. The van der Waals surface area contributed by atoms with Crippen molar-refractivity contribution in [1.82, 2.24) is 10.1 Å². The van der Waals surface area contributed by atoms with E-state index in [-0.39, 0.29) is 12.0 Å². The number of nitrogens with zero attached hydrogens (tertiary/aromatic N) is 2. The quantitative estimate of drug-likeness (QED) is 0.868. The molecule has 2 aromatic heterocycles. The van der Waals surface area contributed by atoms with Crippen molar-refractivity contribution in [1.29, 1.82) is 0 Å². The minimum Gasteiger partial charge on any atom is -0.339 e. The van der Waals surface area contributed by atoms with Gasteiger partial charge in [0.05, 0.1) is 5.92 Å². The van der Waals surface area contributed by atoms with Crippen molar-refractivity contribution >= 4 is 11.3 Å². The predicted octanol–water partition coefficient (Wildman–Crippen LogP) is 2.39. The highest BCUT2D eigenvalue weighted by Gasteiger charge is 2.30. The molecule has 1 saturated carbocycles. The molecule has 0 spiro atoms. The van der Waals surface area contributed by atoms with Gasteiger partial charge in [0.15, 0.2) is 0 Å². The minimum atomic E-state index is 0.177. The first-order chi connectivity index (χ1) is 7.84. The lowest BCUT2D eigenvalue weighted by molar-refractivity contribution is 0.345. The van der Waals surface area contributed by atoms with E-state index in [1.165, 1.54) is 0 Å². The zero-order chi connectivity index (χ0) is 11.0. The van der Waals surface area contributed by atoms with Crippen molar-refractivity contribution in [3.63, 3.8) is 0 Å². The molecule has 2 aromatic rings. The summed E-state index contributed by atoms with van der Waals surface area (Å²) >= 11 is 1.63. The summed E-state index contributed by atoms with van der Waals surface area (Å²) < 4.78 is 5.31. The molecule has 0 aromatic carbocycles. The minimum absolute atomic E-state index is 0.177.